The number of rotatable bonds is 4. The number of hydrogen-bond donors (Lipinski definition) is 3. The molecule has 1 unspecified atom stereocenters. The third kappa shape index (κ3) is 2.65. The Hall–Kier alpha value is -2.45. The maximum Gasteiger partial charge on any atom is 0.255 e. The predicted molar refractivity (Wildman–Crippen MR) is 96.1 cm³/mol. The molecule has 0 bridgehead atoms. The fourth-order valence-corrected chi connectivity index (χ4v) is 3.85. The summed E-state index contributed by atoms with van der Waals surface area (Å²) in [4.78, 5) is 24.5. The number of hydroxylamine groups is 1. The number of amides is 1. The highest BCUT2D eigenvalue weighted by Gasteiger charge is 2.39. The number of allylic oxidation sites excluding steroid dienone is 1. The Morgan fingerprint density at radius 3 is 3.04 bits per heavy atom. The molecule has 1 aliphatic carbocycles. The SMILES string of the molecule is CCCNC(=O)c1c[nH]c2ncc(C3C4=C(CCCC4)N(C)N3O)nc12. The van der Waals surface area contributed by atoms with Crippen molar-refractivity contribution in [3.63, 3.8) is 0 Å². The van der Waals surface area contributed by atoms with Crippen molar-refractivity contribution in [1.82, 2.24) is 30.4 Å². The largest absolute Gasteiger partial charge is 0.352 e. The number of carbonyl (C=O) groups excluding carboxylic acids is 1. The normalized spacial score (nSPS) is 20.7. The first-order valence-corrected chi connectivity index (χ1v) is 9.17. The van der Waals surface area contributed by atoms with Gasteiger partial charge in [-0.25, -0.2) is 9.97 Å². The summed E-state index contributed by atoms with van der Waals surface area (Å²) in [6, 6.07) is -0.339. The molecule has 138 valence electrons. The fraction of sp³-hybridized carbons (Fsp3) is 0.500. The van der Waals surface area contributed by atoms with E-state index in [1.54, 1.807) is 17.4 Å². The molecule has 0 fully saturated rings. The second-order valence-electron chi connectivity index (χ2n) is 6.88. The van der Waals surface area contributed by atoms with Crippen LogP contribution >= 0.6 is 0 Å². The van der Waals surface area contributed by atoms with E-state index in [1.807, 2.05) is 14.0 Å². The lowest BCUT2D eigenvalue weighted by atomic mass is 9.91. The molecule has 0 saturated heterocycles. The van der Waals surface area contributed by atoms with E-state index in [0.717, 1.165) is 32.1 Å². The quantitative estimate of drug-likeness (QED) is 0.779. The molecular weight excluding hydrogens is 332 g/mol. The zero-order chi connectivity index (χ0) is 18.3. The van der Waals surface area contributed by atoms with Gasteiger partial charge in [0.15, 0.2) is 5.65 Å². The van der Waals surface area contributed by atoms with E-state index in [1.165, 1.54) is 16.4 Å². The van der Waals surface area contributed by atoms with Crippen molar-refractivity contribution in [1.29, 1.82) is 0 Å². The van der Waals surface area contributed by atoms with E-state index in [2.05, 4.69) is 15.3 Å². The van der Waals surface area contributed by atoms with E-state index in [-0.39, 0.29) is 11.9 Å². The molecule has 8 nitrogen and oxygen atoms in total. The zero-order valence-electron chi connectivity index (χ0n) is 15.1. The van der Waals surface area contributed by atoms with Crippen molar-refractivity contribution in [2.45, 2.75) is 45.1 Å². The Kier molecular flexibility index (Phi) is 4.37. The maximum absolute atomic E-state index is 12.4. The van der Waals surface area contributed by atoms with Gasteiger partial charge in [-0.1, -0.05) is 12.1 Å². The molecule has 1 amide bonds. The summed E-state index contributed by atoms with van der Waals surface area (Å²) in [7, 11) is 1.87. The van der Waals surface area contributed by atoms with Gasteiger partial charge in [0.25, 0.3) is 5.91 Å². The summed E-state index contributed by atoms with van der Waals surface area (Å²) in [6.45, 7) is 2.63. The Morgan fingerprint density at radius 2 is 2.23 bits per heavy atom. The van der Waals surface area contributed by atoms with Crippen LogP contribution in [0.5, 0.6) is 0 Å². The second-order valence-corrected chi connectivity index (χ2v) is 6.88. The van der Waals surface area contributed by atoms with Crippen LogP contribution in [0.4, 0.5) is 0 Å². The number of hydrogen-bond acceptors (Lipinski definition) is 6. The van der Waals surface area contributed by atoms with Crippen LogP contribution in [0.15, 0.2) is 23.7 Å². The van der Waals surface area contributed by atoms with Gasteiger partial charge >= 0.3 is 0 Å². The van der Waals surface area contributed by atoms with Crippen molar-refractivity contribution < 1.29 is 10.0 Å². The second kappa shape index (κ2) is 6.69. The first-order valence-electron chi connectivity index (χ1n) is 9.17. The highest BCUT2D eigenvalue weighted by molar-refractivity contribution is 6.04. The number of aromatic amines is 1. The van der Waals surface area contributed by atoms with E-state index in [4.69, 9.17) is 4.98 Å². The molecule has 0 spiro atoms. The number of fused-ring (bicyclic) bond motifs is 1. The van der Waals surface area contributed by atoms with Crippen molar-refractivity contribution in [2.24, 2.45) is 0 Å². The molecule has 3 heterocycles. The highest BCUT2D eigenvalue weighted by atomic mass is 16.6. The van der Waals surface area contributed by atoms with Gasteiger partial charge in [0, 0.05) is 25.5 Å². The summed E-state index contributed by atoms with van der Waals surface area (Å²) in [5.41, 5.74) is 4.61. The molecule has 0 saturated carbocycles. The van der Waals surface area contributed by atoms with Crippen LogP contribution in [0.25, 0.3) is 11.2 Å². The molecule has 1 aliphatic heterocycles. The molecule has 3 N–H and O–H groups in total. The number of nitrogens with zero attached hydrogens (tertiary/aromatic N) is 4. The number of carbonyl (C=O) groups is 1. The van der Waals surface area contributed by atoms with Gasteiger partial charge in [0.2, 0.25) is 0 Å². The van der Waals surface area contributed by atoms with Gasteiger partial charge in [-0.3, -0.25) is 15.0 Å². The third-order valence-corrected chi connectivity index (χ3v) is 5.20. The molecule has 2 aliphatic rings. The van der Waals surface area contributed by atoms with Crippen molar-refractivity contribution in [3.8, 4) is 0 Å². The average Bonchev–Trinajstić information content (AvgIpc) is 3.19. The van der Waals surface area contributed by atoms with E-state index in [9.17, 15) is 10.0 Å². The lowest BCUT2D eigenvalue weighted by Gasteiger charge is -2.26. The van der Waals surface area contributed by atoms with Crippen LogP contribution in [-0.2, 0) is 0 Å². The minimum Gasteiger partial charge on any atom is -0.352 e. The monoisotopic (exact) mass is 356 g/mol. The van der Waals surface area contributed by atoms with E-state index in [0.29, 0.717) is 29.0 Å². The minimum absolute atomic E-state index is 0.161. The lowest BCUT2D eigenvalue weighted by Crippen LogP contribution is -2.33. The van der Waals surface area contributed by atoms with E-state index >= 15 is 0 Å². The van der Waals surface area contributed by atoms with Gasteiger partial charge in [0.1, 0.15) is 11.6 Å². The van der Waals surface area contributed by atoms with Gasteiger partial charge in [-0.2, -0.15) is 0 Å². The van der Waals surface area contributed by atoms with Crippen molar-refractivity contribution in [2.75, 3.05) is 13.6 Å². The molecule has 0 aromatic carbocycles. The van der Waals surface area contributed by atoms with Gasteiger partial charge in [-0.15, -0.1) is 0 Å². The zero-order valence-corrected chi connectivity index (χ0v) is 15.1. The summed E-state index contributed by atoms with van der Waals surface area (Å²) in [5, 5.41) is 16.5. The highest BCUT2D eigenvalue weighted by Crippen LogP contribution is 2.44. The number of nitrogens with one attached hydrogen (secondary N) is 2. The fourth-order valence-electron chi connectivity index (χ4n) is 3.85. The summed E-state index contributed by atoms with van der Waals surface area (Å²) in [6.07, 6.45) is 8.34. The van der Waals surface area contributed by atoms with Crippen LogP contribution in [-0.4, -0.2) is 49.8 Å². The first kappa shape index (κ1) is 17.0. The minimum atomic E-state index is -0.339. The van der Waals surface area contributed by atoms with Gasteiger partial charge in [0.05, 0.1) is 17.5 Å². The van der Waals surface area contributed by atoms with Crippen LogP contribution < -0.4 is 5.32 Å². The Balaban J connectivity index is 1.73. The van der Waals surface area contributed by atoms with Gasteiger partial charge < -0.3 is 10.3 Å². The smallest absolute Gasteiger partial charge is 0.255 e. The molecule has 2 aromatic heterocycles. The van der Waals surface area contributed by atoms with E-state index < -0.39 is 0 Å². The Bertz CT molecular complexity index is 874. The number of aromatic nitrogens is 3. The van der Waals surface area contributed by atoms with Crippen LogP contribution in [0.3, 0.4) is 0 Å². The summed E-state index contributed by atoms with van der Waals surface area (Å²) in [5.74, 6) is -0.161. The third-order valence-electron chi connectivity index (χ3n) is 5.20. The van der Waals surface area contributed by atoms with Crippen molar-refractivity contribution in [3.05, 3.63) is 34.9 Å². The molecule has 0 radical (unpaired) electrons. The lowest BCUT2D eigenvalue weighted by molar-refractivity contribution is -0.229. The standard InChI is InChI=1S/C18H24N6O2/c1-3-8-19-18(25)12-9-20-17-15(12)22-13(10-21-17)16-11-6-4-5-7-14(11)23(2)24(16)26/h9-10,16,26H,3-8H2,1-2H3,(H,19,25)(H,20,21). The maximum atomic E-state index is 12.4. The first-order chi connectivity index (χ1) is 12.6. The Morgan fingerprint density at radius 1 is 1.42 bits per heavy atom. The Labute approximate surface area is 151 Å². The molecule has 2 aromatic rings. The predicted octanol–water partition coefficient (Wildman–Crippen LogP) is 2.52. The molecular formula is C18H24N6O2. The molecule has 1 atom stereocenters. The summed E-state index contributed by atoms with van der Waals surface area (Å²) < 4.78 is 0. The van der Waals surface area contributed by atoms with Crippen molar-refractivity contribution >= 4 is 17.1 Å². The van der Waals surface area contributed by atoms with Crippen LogP contribution in [0.2, 0.25) is 0 Å². The molecule has 8 heteroatoms. The topological polar surface area (TPSA) is 97.4 Å². The summed E-state index contributed by atoms with van der Waals surface area (Å²) >= 11 is 0. The molecule has 26 heavy (non-hydrogen) atoms. The number of hydrazine groups is 1. The van der Waals surface area contributed by atoms with Crippen LogP contribution in [0.1, 0.15) is 61.1 Å². The number of H-pyrrole nitrogens is 1. The van der Waals surface area contributed by atoms with Crippen LogP contribution in [0, 0.1) is 0 Å². The molecule has 4 rings (SSSR count). The average molecular weight is 356 g/mol. The van der Waals surface area contributed by atoms with Gasteiger partial charge in [-0.05, 0) is 37.7 Å².